The van der Waals surface area contributed by atoms with Gasteiger partial charge in [0.15, 0.2) is 0 Å². The van der Waals surface area contributed by atoms with Crippen molar-refractivity contribution < 1.29 is 9.53 Å². The molecule has 0 unspecified atom stereocenters. The SMILES string of the molecule is CN1CC=C(c2ccc(CCCC(=O)OCc3ccccc3)cc2)CC1. The number of hydrogen-bond donors (Lipinski definition) is 0. The van der Waals surface area contributed by atoms with Crippen LogP contribution in [0.5, 0.6) is 0 Å². The summed E-state index contributed by atoms with van der Waals surface area (Å²) in [5, 5.41) is 0. The van der Waals surface area contributed by atoms with Crippen LogP contribution in [0.3, 0.4) is 0 Å². The van der Waals surface area contributed by atoms with Crippen molar-refractivity contribution in [3.63, 3.8) is 0 Å². The van der Waals surface area contributed by atoms with Gasteiger partial charge < -0.3 is 9.64 Å². The van der Waals surface area contributed by atoms with Crippen molar-refractivity contribution in [3.05, 3.63) is 77.4 Å². The normalized spacial score (nSPS) is 14.7. The number of likely N-dealkylation sites (N-methyl/N-ethyl adjacent to an activating group) is 1. The summed E-state index contributed by atoms with van der Waals surface area (Å²) in [6, 6.07) is 18.6. The third-order valence-corrected chi connectivity index (χ3v) is 4.83. The topological polar surface area (TPSA) is 29.5 Å². The van der Waals surface area contributed by atoms with Crippen LogP contribution in [-0.4, -0.2) is 31.0 Å². The molecule has 1 heterocycles. The van der Waals surface area contributed by atoms with E-state index in [1.807, 2.05) is 30.3 Å². The van der Waals surface area contributed by atoms with Gasteiger partial charge in [0.05, 0.1) is 0 Å². The molecule has 2 aromatic carbocycles. The molecular formula is C23H27NO2. The van der Waals surface area contributed by atoms with Gasteiger partial charge in [0.25, 0.3) is 0 Å². The van der Waals surface area contributed by atoms with Crippen molar-refractivity contribution in [1.82, 2.24) is 4.90 Å². The molecule has 0 atom stereocenters. The Morgan fingerprint density at radius 3 is 2.50 bits per heavy atom. The largest absolute Gasteiger partial charge is 0.461 e. The molecule has 1 aliphatic rings. The van der Waals surface area contributed by atoms with E-state index in [0.29, 0.717) is 13.0 Å². The third-order valence-electron chi connectivity index (χ3n) is 4.83. The second-order valence-electron chi connectivity index (χ2n) is 6.94. The Hall–Kier alpha value is -2.39. The van der Waals surface area contributed by atoms with Gasteiger partial charge >= 0.3 is 5.97 Å². The fraction of sp³-hybridized carbons (Fsp3) is 0.348. The molecule has 0 N–H and O–H groups in total. The molecule has 2 aromatic rings. The summed E-state index contributed by atoms with van der Waals surface area (Å²) < 4.78 is 5.32. The summed E-state index contributed by atoms with van der Waals surface area (Å²) in [5.74, 6) is -0.123. The molecular weight excluding hydrogens is 322 g/mol. The Kier molecular flexibility index (Phi) is 6.62. The molecule has 0 radical (unpaired) electrons. The van der Waals surface area contributed by atoms with Crippen molar-refractivity contribution in [2.24, 2.45) is 0 Å². The highest BCUT2D eigenvalue weighted by atomic mass is 16.5. The highest BCUT2D eigenvalue weighted by Gasteiger charge is 2.09. The van der Waals surface area contributed by atoms with Crippen molar-refractivity contribution >= 4 is 11.5 Å². The Morgan fingerprint density at radius 1 is 1.04 bits per heavy atom. The summed E-state index contributed by atoms with van der Waals surface area (Å²) in [6.07, 6.45) is 5.62. The number of rotatable bonds is 7. The molecule has 0 saturated carbocycles. The number of hydrogen-bond acceptors (Lipinski definition) is 3. The standard InChI is InChI=1S/C23H27NO2/c1-24-16-14-22(15-17-24)21-12-10-19(11-13-21)8-5-9-23(25)26-18-20-6-3-2-4-7-20/h2-4,6-7,10-14H,5,8-9,15-18H2,1H3. The van der Waals surface area contributed by atoms with Crippen LogP contribution in [0.25, 0.3) is 5.57 Å². The van der Waals surface area contributed by atoms with Gasteiger partial charge in [0, 0.05) is 19.5 Å². The zero-order valence-corrected chi connectivity index (χ0v) is 15.5. The molecule has 0 aromatic heterocycles. The lowest BCUT2D eigenvalue weighted by atomic mass is 9.97. The number of esters is 1. The van der Waals surface area contributed by atoms with Crippen LogP contribution in [-0.2, 0) is 22.6 Å². The van der Waals surface area contributed by atoms with Gasteiger partial charge in [-0.2, -0.15) is 0 Å². The molecule has 1 aliphatic heterocycles. The van der Waals surface area contributed by atoms with Crippen LogP contribution >= 0.6 is 0 Å². The Morgan fingerprint density at radius 2 is 1.81 bits per heavy atom. The van der Waals surface area contributed by atoms with Crippen LogP contribution < -0.4 is 0 Å². The molecule has 26 heavy (non-hydrogen) atoms. The lowest BCUT2D eigenvalue weighted by Crippen LogP contribution is -2.23. The predicted molar refractivity (Wildman–Crippen MR) is 106 cm³/mol. The maximum atomic E-state index is 11.9. The summed E-state index contributed by atoms with van der Waals surface area (Å²) in [7, 11) is 2.15. The highest BCUT2D eigenvalue weighted by Crippen LogP contribution is 2.22. The Balaban J connectivity index is 1.40. The third kappa shape index (κ3) is 5.57. The smallest absolute Gasteiger partial charge is 0.306 e. The monoisotopic (exact) mass is 349 g/mol. The maximum absolute atomic E-state index is 11.9. The van der Waals surface area contributed by atoms with Crippen LogP contribution in [0.15, 0.2) is 60.7 Å². The van der Waals surface area contributed by atoms with Gasteiger partial charge in [-0.15, -0.1) is 0 Å². The first-order valence-electron chi connectivity index (χ1n) is 9.37. The highest BCUT2D eigenvalue weighted by molar-refractivity contribution is 5.69. The number of benzene rings is 2. The van der Waals surface area contributed by atoms with E-state index in [-0.39, 0.29) is 5.97 Å². The first kappa shape index (κ1) is 18.4. The molecule has 0 bridgehead atoms. The summed E-state index contributed by atoms with van der Waals surface area (Å²) in [4.78, 5) is 14.2. The minimum Gasteiger partial charge on any atom is -0.461 e. The van der Waals surface area contributed by atoms with Gasteiger partial charge in [0.1, 0.15) is 6.61 Å². The van der Waals surface area contributed by atoms with Crippen molar-refractivity contribution in [2.45, 2.75) is 32.3 Å². The van der Waals surface area contributed by atoms with E-state index in [9.17, 15) is 4.79 Å². The van der Waals surface area contributed by atoms with E-state index >= 15 is 0 Å². The molecule has 3 nitrogen and oxygen atoms in total. The molecule has 136 valence electrons. The second kappa shape index (κ2) is 9.35. The molecule has 0 amide bonds. The van der Waals surface area contributed by atoms with Crippen LogP contribution in [0, 0.1) is 0 Å². The Labute approximate surface area is 156 Å². The minimum absolute atomic E-state index is 0.123. The van der Waals surface area contributed by atoms with Gasteiger partial charge in [-0.05, 0) is 48.6 Å². The lowest BCUT2D eigenvalue weighted by Gasteiger charge is -2.22. The van der Waals surface area contributed by atoms with E-state index < -0.39 is 0 Å². The van der Waals surface area contributed by atoms with Gasteiger partial charge in [-0.3, -0.25) is 4.79 Å². The molecule has 0 aliphatic carbocycles. The summed E-state index contributed by atoms with van der Waals surface area (Å²) >= 11 is 0. The number of nitrogens with zero attached hydrogens (tertiary/aromatic N) is 1. The maximum Gasteiger partial charge on any atom is 0.306 e. The van der Waals surface area contributed by atoms with Crippen molar-refractivity contribution in [3.8, 4) is 0 Å². The average Bonchev–Trinajstić information content (AvgIpc) is 2.68. The number of carbonyl (C=O) groups is 1. The average molecular weight is 349 g/mol. The van der Waals surface area contributed by atoms with E-state index in [1.54, 1.807) is 0 Å². The Bertz CT molecular complexity index is 735. The fourth-order valence-electron chi connectivity index (χ4n) is 3.17. The van der Waals surface area contributed by atoms with E-state index in [0.717, 1.165) is 37.9 Å². The molecule has 0 spiro atoms. The summed E-state index contributed by atoms with van der Waals surface area (Å²) in [5.41, 5.74) is 5.07. The number of ether oxygens (including phenoxy) is 1. The van der Waals surface area contributed by atoms with E-state index in [1.165, 1.54) is 16.7 Å². The molecule has 3 rings (SSSR count). The second-order valence-corrected chi connectivity index (χ2v) is 6.94. The van der Waals surface area contributed by atoms with Crippen LogP contribution in [0.2, 0.25) is 0 Å². The van der Waals surface area contributed by atoms with Gasteiger partial charge in [-0.25, -0.2) is 0 Å². The van der Waals surface area contributed by atoms with E-state index in [2.05, 4.69) is 42.3 Å². The van der Waals surface area contributed by atoms with Crippen molar-refractivity contribution in [2.75, 3.05) is 20.1 Å². The van der Waals surface area contributed by atoms with Crippen molar-refractivity contribution in [1.29, 1.82) is 0 Å². The van der Waals surface area contributed by atoms with Crippen LogP contribution in [0.4, 0.5) is 0 Å². The zero-order chi connectivity index (χ0) is 18.2. The number of aryl methyl sites for hydroxylation is 1. The van der Waals surface area contributed by atoms with Gasteiger partial charge in [-0.1, -0.05) is 60.7 Å². The molecule has 0 fully saturated rings. The van der Waals surface area contributed by atoms with Gasteiger partial charge in [0.2, 0.25) is 0 Å². The first-order chi connectivity index (χ1) is 12.7. The minimum atomic E-state index is -0.123. The zero-order valence-electron chi connectivity index (χ0n) is 15.5. The summed E-state index contributed by atoms with van der Waals surface area (Å²) in [6.45, 7) is 2.51. The quantitative estimate of drug-likeness (QED) is 0.691. The first-order valence-corrected chi connectivity index (χ1v) is 9.37. The molecule has 0 saturated heterocycles. The van der Waals surface area contributed by atoms with E-state index in [4.69, 9.17) is 4.74 Å². The fourth-order valence-corrected chi connectivity index (χ4v) is 3.17. The predicted octanol–water partition coefficient (Wildman–Crippen LogP) is 4.47. The molecule has 3 heteroatoms. The number of carbonyl (C=O) groups excluding carboxylic acids is 1. The van der Waals surface area contributed by atoms with Crippen LogP contribution in [0.1, 0.15) is 36.0 Å². The lowest BCUT2D eigenvalue weighted by molar-refractivity contribution is -0.145.